The number of amides is 1. The van der Waals surface area contributed by atoms with Crippen molar-refractivity contribution in [3.63, 3.8) is 0 Å². The third kappa shape index (κ3) is 1.40. The Morgan fingerprint density at radius 1 is 1.64 bits per heavy atom. The Morgan fingerprint density at radius 2 is 2.50 bits per heavy atom. The second kappa shape index (κ2) is 3.17. The van der Waals surface area contributed by atoms with E-state index in [0.29, 0.717) is 0 Å². The van der Waals surface area contributed by atoms with Crippen molar-refractivity contribution in [1.29, 1.82) is 0 Å². The van der Waals surface area contributed by atoms with Crippen molar-refractivity contribution < 1.29 is 9.21 Å². The smallest absolute Gasteiger partial charge is 0.307 e. The van der Waals surface area contributed by atoms with E-state index < -0.39 is 5.91 Å². The second-order valence-electron chi connectivity index (χ2n) is 2.37. The van der Waals surface area contributed by atoms with E-state index >= 15 is 0 Å². The molecule has 0 bridgehead atoms. The summed E-state index contributed by atoms with van der Waals surface area (Å²) in [6.45, 7) is 0. The van der Waals surface area contributed by atoms with E-state index in [1.807, 2.05) is 0 Å². The highest BCUT2D eigenvalue weighted by molar-refractivity contribution is 5.97. The number of nitrogen functional groups attached to an aromatic ring is 1. The van der Waals surface area contributed by atoms with Gasteiger partial charge in [0.25, 0.3) is 5.95 Å². The topological polar surface area (TPSA) is 112 Å². The largest absolute Gasteiger partial charge is 0.459 e. The van der Waals surface area contributed by atoms with Crippen LogP contribution in [-0.2, 0) is 0 Å². The van der Waals surface area contributed by atoms with Gasteiger partial charge in [0.05, 0.1) is 6.26 Å². The number of anilines is 1. The maximum Gasteiger partial charge on any atom is 0.307 e. The Kier molecular flexibility index (Phi) is 1.86. The fourth-order valence-corrected chi connectivity index (χ4v) is 0.833. The number of nitrogens with zero attached hydrogens (tertiary/aromatic N) is 4. The molecule has 2 heterocycles. The molecular formula is C6H6N6O2. The van der Waals surface area contributed by atoms with Crippen LogP contribution >= 0.6 is 0 Å². The highest BCUT2D eigenvalue weighted by Gasteiger charge is 2.10. The number of rotatable bonds is 2. The summed E-state index contributed by atoms with van der Waals surface area (Å²) in [5.41, 5.74) is 7.64. The van der Waals surface area contributed by atoms with Crippen molar-refractivity contribution >= 4 is 11.9 Å². The molecule has 3 N–H and O–H groups in total. The zero-order valence-electron chi connectivity index (χ0n) is 6.91. The van der Waals surface area contributed by atoms with Gasteiger partial charge >= 0.3 is 5.91 Å². The molecule has 0 spiro atoms. The summed E-state index contributed by atoms with van der Waals surface area (Å²) in [6.07, 6.45) is 1.39. The van der Waals surface area contributed by atoms with Gasteiger partial charge in [-0.15, -0.1) is 4.79 Å². The van der Waals surface area contributed by atoms with E-state index in [2.05, 4.69) is 21.0 Å². The molecule has 8 nitrogen and oxygen atoms in total. The molecule has 0 aromatic carbocycles. The summed E-state index contributed by atoms with van der Waals surface area (Å²) < 4.78 is 4.85. The molecule has 0 aliphatic rings. The Morgan fingerprint density at radius 3 is 3.07 bits per heavy atom. The first-order valence-corrected chi connectivity index (χ1v) is 3.66. The first kappa shape index (κ1) is 8.23. The van der Waals surface area contributed by atoms with Gasteiger partial charge < -0.3 is 10.2 Å². The number of hydrogen-bond donors (Lipinski definition) is 2. The third-order valence-corrected chi connectivity index (χ3v) is 1.45. The molecule has 0 unspecified atom stereocenters. The minimum absolute atomic E-state index is 0.00935. The lowest BCUT2D eigenvalue weighted by Gasteiger charge is -2.00. The van der Waals surface area contributed by atoms with Crippen LogP contribution in [0, 0.1) is 0 Å². The number of nitrogens with two attached hydrogens (primary N) is 1. The molecular weight excluding hydrogens is 188 g/mol. The standard InChI is InChI=1S/C6H6N6O2/c7-6-8-10-11-12(6)9-5(13)4-2-1-3-14-4/h1-3H,(H,9,13)(H2,7,8,11). The van der Waals surface area contributed by atoms with Gasteiger partial charge in [-0.1, -0.05) is 5.10 Å². The van der Waals surface area contributed by atoms with Crippen LogP contribution in [0.2, 0.25) is 0 Å². The quantitative estimate of drug-likeness (QED) is 0.649. The molecule has 8 heteroatoms. The van der Waals surface area contributed by atoms with Crippen molar-refractivity contribution in [2.45, 2.75) is 0 Å². The molecule has 0 aliphatic heterocycles. The van der Waals surface area contributed by atoms with Crippen LogP contribution in [0.3, 0.4) is 0 Å². The highest BCUT2D eigenvalue weighted by Crippen LogP contribution is 2.00. The summed E-state index contributed by atoms with van der Waals surface area (Å²) in [7, 11) is 0. The number of carbonyl (C=O) groups is 1. The van der Waals surface area contributed by atoms with Gasteiger partial charge in [0, 0.05) is 0 Å². The Labute approximate surface area is 77.7 Å². The molecule has 2 aromatic heterocycles. The number of furan rings is 1. The predicted molar refractivity (Wildman–Crippen MR) is 44.6 cm³/mol. The molecule has 1 amide bonds. The second-order valence-corrected chi connectivity index (χ2v) is 2.37. The molecule has 2 rings (SSSR count). The van der Waals surface area contributed by atoms with Crippen molar-refractivity contribution in [3.05, 3.63) is 24.2 Å². The molecule has 14 heavy (non-hydrogen) atoms. The fraction of sp³-hybridized carbons (Fsp3) is 0. The number of tetrazole rings is 1. The number of aromatic nitrogens is 4. The number of carbonyl (C=O) groups excluding carboxylic acids is 1. The Hall–Kier alpha value is -2.38. The molecule has 0 aliphatic carbocycles. The monoisotopic (exact) mass is 194 g/mol. The first-order chi connectivity index (χ1) is 6.77. The van der Waals surface area contributed by atoms with Gasteiger partial charge in [0.2, 0.25) is 0 Å². The van der Waals surface area contributed by atoms with E-state index in [-0.39, 0.29) is 11.7 Å². The molecule has 0 radical (unpaired) electrons. The van der Waals surface area contributed by atoms with E-state index in [1.165, 1.54) is 12.3 Å². The minimum Gasteiger partial charge on any atom is -0.459 e. The molecule has 0 fully saturated rings. The zero-order valence-corrected chi connectivity index (χ0v) is 6.91. The van der Waals surface area contributed by atoms with Gasteiger partial charge in [-0.2, -0.15) is 0 Å². The maximum atomic E-state index is 11.3. The molecule has 0 atom stereocenters. The summed E-state index contributed by atoms with van der Waals surface area (Å²) in [5, 5.41) is 10.1. The van der Waals surface area contributed by atoms with Crippen molar-refractivity contribution in [1.82, 2.24) is 20.3 Å². The highest BCUT2D eigenvalue weighted by atomic mass is 16.3. The molecule has 72 valence electrons. The third-order valence-electron chi connectivity index (χ3n) is 1.45. The van der Waals surface area contributed by atoms with Crippen LogP contribution < -0.4 is 11.2 Å². The summed E-state index contributed by atoms with van der Waals surface area (Å²) >= 11 is 0. The normalized spacial score (nSPS) is 10.0. The summed E-state index contributed by atoms with van der Waals surface area (Å²) in [4.78, 5) is 12.3. The van der Waals surface area contributed by atoms with Gasteiger partial charge in [0.15, 0.2) is 5.76 Å². The van der Waals surface area contributed by atoms with E-state index in [1.54, 1.807) is 6.07 Å². The lowest BCUT2D eigenvalue weighted by Crippen LogP contribution is -2.25. The van der Waals surface area contributed by atoms with Crippen LogP contribution in [-0.4, -0.2) is 26.2 Å². The minimum atomic E-state index is -0.478. The molecule has 2 aromatic rings. The van der Waals surface area contributed by atoms with Crippen LogP contribution in [0.5, 0.6) is 0 Å². The van der Waals surface area contributed by atoms with Crippen LogP contribution in [0.4, 0.5) is 5.95 Å². The summed E-state index contributed by atoms with van der Waals surface area (Å²) in [5.74, 6) is -0.334. The average Bonchev–Trinajstić information content (AvgIpc) is 2.77. The summed E-state index contributed by atoms with van der Waals surface area (Å²) in [6, 6.07) is 3.10. The van der Waals surface area contributed by atoms with Gasteiger partial charge in [-0.3, -0.25) is 4.79 Å². The van der Waals surface area contributed by atoms with Crippen molar-refractivity contribution in [3.8, 4) is 0 Å². The van der Waals surface area contributed by atoms with Crippen molar-refractivity contribution in [2.24, 2.45) is 0 Å². The van der Waals surface area contributed by atoms with E-state index in [0.717, 1.165) is 4.79 Å². The van der Waals surface area contributed by atoms with E-state index in [4.69, 9.17) is 10.2 Å². The van der Waals surface area contributed by atoms with Crippen molar-refractivity contribution in [2.75, 3.05) is 11.2 Å². The Bertz CT molecular complexity index is 433. The SMILES string of the molecule is Nc1nnnn1NC(=O)c1ccco1. The lowest BCUT2D eigenvalue weighted by molar-refractivity contribution is 0.0979. The molecule has 0 saturated carbocycles. The maximum absolute atomic E-state index is 11.3. The Balaban J connectivity index is 2.13. The first-order valence-electron chi connectivity index (χ1n) is 3.66. The lowest BCUT2D eigenvalue weighted by atomic mass is 10.4. The number of hydrogen-bond acceptors (Lipinski definition) is 6. The van der Waals surface area contributed by atoms with Gasteiger partial charge in [-0.25, -0.2) is 5.43 Å². The van der Waals surface area contributed by atoms with E-state index in [9.17, 15) is 4.79 Å². The van der Waals surface area contributed by atoms with Gasteiger partial charge in [-0.05, 0) is 22.6 Å². The van der Waals surface area contributed by atoms with Crippen LogP contribution in [0.15, 0.2) is 22.8 Å². The van der Waals surface area contributed by atoms with Crippen LogP contribution in [0.1, 0.15) is 10.6 Å². The fourth-order valence-electron chi connectivity index (χ4n) is 0.833. The zero-order chi connectivity index (χ0) is 9.97. The average molecular weight is 194 g/mol. The van der Waals surface area contributed by atoms with Gasteiger partial charge in [0.1, 0.15) is 0 Å². The molecule has 0 saturated heterocycles. The van der Waals surface area contributed by atoms with Crippen LogP contribution in [0.25, 0.3) is 0 Å². The predicted octanol–water partition coefficient (Wildman–Crippen LogP) is -0.768. The number of nitrogens with one attached hydrogen (secondary N) is 1.